The lowest BCUT2D eigenvalue weighted by Crippen LogP contribution is -2.62. The van der Waals surface area contributed by atoms with Gasteiger partial charge in [0.15, 0.2) is 0 Å². The summed E-state index contributed by atoms with van der Waals surface area (Å²) < 4.78 is 17.1. The number of methoxy groups -OCH3 is 2. The summed E-state index contributed by atoms with van der Waals surface area (Å²) in [6, 6.07) is 3.39. The molecule has 2 N–H and O–H groups in total. The molecular formula is C17H19IO6. The van der Waals surface area contributed by atoms with Gasteiger partial charge in [-0.05, 0) is 40.6 Å². The number of halogens is 1. The van der Waals surface area contributed by atoms with Crippen LogP contribution in [0, 0.1) is 9.49 Å². The van der Waals surface area contributed by atoms with Gasteiger partial charge in [-0.3, -0.25) is 0 Å². The van der Waals surface area contributed by atoms with Crippen LogP contribution in [0.5, 0.6) is 11.5 Å². The van der Waals surface area contributed by atoms with E-state index in [1.54, 1.807) is 12.1 Å². The molecule has 3 rings (SSSR count). The monoisotopic (exact) mass is 446 g/mol. The number of allylic oxidation sites excluding steroid dienone is 1. The van der Waals surface area contributed by atoms with E-state index in [9.17, 15) is 15.0 Å². The molecule has 1 aromatic carbocycles. The lowest BCUT2D eigenvalue weighted by Gasteiger charge is -2.46. The number of ether oxygens (including phenoxy) is 3. The molecular weight excluding hydrogens is 427 g/mol. The Hall–Kier alpha value is -1.48. The highest BCUT2D eigenvalue weighted by atomic mass is 127. The molecule has 7 heteroatoms. The summed E-state index contributed by atoms with van der Waals surface area (Å²) in [5, 5.41) is 21.2. The Bertz CT molecular complexity index is 728. The minimum absolute atomic E-state index is 0.114. The summed E-state index contributed by atoms with van der Waals surface area (Å²) in [5.41, 5.74) is -0.566. The molecule has 6 nitrogen and oxygen atoms in total. The minimum atomic E-state index is -1.65. The second-order valence-electron chi connectivity index (χ2n) is 6.11. The van der Waals surface area contributed by atoms with Crippen molar-refractivity contribution in [3.63, 3.8) is 0 Å². The molecule has 0 spiro atoms. The predicted molar refractivity (Wildman–Crippen MR) is 93.7 cm³/mol. The summed E-state index contributed by atoms with van der Waals surface area (Å²) >= 11 is 2.03. The highest BCUT2D eigenvalue weighted by Gasteiger charge is 2.60. The molecule has 130 valence electrons. The summed E-state index contributed by atoms with van der Waals surface area (Å²) in [6.07, 6.45) is -0.344. The van der Waals surface area contributed by atoms with Gasteiger partial charge in [-0.2, -0.15) is 0 Å². The van der Waals surface area contributed by atoms with Gasteiger partial charge in [0.1, 0.15) is 23.4 Å². The van der Waals surface area contributed by atoms with Gasteiger partial charge in [-0.25, -0.2) is 4.79 Å². The van der Waals surface area contributed by atoms with Gasteiger partial charge >= 0.3 is 5.97 Å². The molecule has 1 heterocycles. The first kappa shape index (κ1) is 17.3. The number of aliphatic hydroxyl groups is 1. The SMILES string of the molecule is COC(=O)[C@]12Oc3ccc(I)c(O)c3CC1=C(OC)C[C@@H](C)[C@@H]2O. The molecule has 0 radical (unpaired) electrons. The van der Waals surface area contributed by atoms with Crippen LogP contribution in [0.25, 0.3) is 0 Å². The maximum Gasteiger partial charge on any atom is 0.357 e. The number of hydrogen-bond acceptors (Lipinski definition) is 6. The number of aliphatic hydroxyl groups excluding tert-OH is 1. The van der Waals surface area contributed by atoms with Crippen LogP contribution < -0.4 is 4.74 Å². The lowest BCUT2D eigenvalue weighted by atomic mass is 9.71. The number of esters is 1. The van der Waals surface area contributed by atoms with Crippen molar-refractivity contribution in [3.05, 3.63) is 32.6 Å². The van der Waals surface area contributed by atoms with Crippen molar-refractivity contribution in [2.45, 2.75) is 31.5 Å². The largest absolute Gasteiger partial charge is 0.506 e. The average Bonchev–Trinajstić information content (AvgIpc) is 2.59. The molecule has 1 aliphatic carbocycles. The van der Waals surface area contributed by atoms with E-state index in [0.29, 0.717) is 32.6 Å². The van der Waals surface area contributed by atoms with Gasteiger partial charge in [-0.15, -0.1) is 0 Å². The fourth-order valence-corrected chi connectivity index (χ4v) is 4.02. The van der Waals surface area contributed by atoms with Gasteiger partial charge in [0.2, 0.25) is 0 Å². The molecule has 0 saturated heterocycles. The number of hydrogen-bond donors (Lipinski definition) is 2. The van der Waals surface area contributed by atoms with Crippen LogP contribution in [0.2, 0.25) is 0 Å². The van der Waals surface area contributed by atoms with Crippen molar-refractivity contribution < 1.29 is 29.2 Å². The summed E-state index contributed by atoms with van der Waals surface area (Å²) in [7, 11) is 2.79. The first-order chi connectivity index (χ1) is 11.4. The first-order valence-electron chi connectivity index (χ1n) is 7.59. The van der Waals surface area contributed by atoms with Crippen molar-refractivity contribution in [3.8, 4) is 11.5 Å². The van der Waals surface area contributed by atoms with Crippen LogP contribution in [0.1, 0.15) is 18.9 Å². The third-order valence-corrected chi connectivity index (χ3v) is 5.67. The van der Waals surface area contributed by atoms with Crippen molar-refractivity contribution in [2.24, 2.45) is 5.92 Å². The second-order valence-corrected chi connectivity index (χ2v) is 7.27. The normalized spacial score (nSPS) is 28.5. The van der Waals surface area contributed by atoms with Crippen LogP contribution in [0.4, 0.5) is 0 Å². The molecule has 3 atom stereocenters. The number of carbonyl (C=O) groups excluding carboxylic acids is 1. The Morgan fingerprint density at radius 3 is 2.75 bits per heavy atom. The molecule has 2 aliphatic rings. The van der Waals surface area contributed by atoms with E-state index in [1.165, 1.54) is 14.2 Å². The topological polar surface area (TPSA) is 85.2 Å². The molecule has 0 amide bonds. The fraction of sp³-hybridized carbons (Fsp3) is 0.471. The number of fused-ring (bicyclic) bond motifs is 2. The van der Waals surface area contributed by atoms with Crippen LogP contribution in [-0.4, -0.2) is 42.1 Å². The Labute approximate surface area is 153 Å². The van der Waals surface area contributed by atoms with Gasteiger partial charge in [0, 0.05) is 24.0 Å². The third kappa shape index (κ3) is 2.28. The van der Waals surface area contributed by atoms with Gasteiger partial charge < -0.3 is 24.4 Å². The number of rotatable bonds is 2. The van der Waals surface area contributed by atoms with E-state index in [-0.39, 0.29) is 18.1 Å². The number of phenolic OH excluding ortho intramolecular Hbond substituents is 1. The Morgan fingerprint density at radius 1 is 1.42 bits per heavy atom. The van der Waals surface area contributed by atoms with Crippen molar-refractivity contribution >= 4 is 28.6 Å². The maximum atomic E-state index is 12.6. The van der Waals surface area contributed by atoms with Crippen LogP contribution in [-0.2, 0) is 20.7 Å². The van der Waals surface area contributed by atoms with Gasteiger partial charge in [-0.1, -0.05) is 6.92 Å². The molecule has 0 unspecified atom stereocenters. The van der Waals surface area contributed by atoms with Crippen LogP contribution >= 0.6 is 22.6 Å². The first-order valence-corrected chi connectivity index (χ1v) is 8.67. The smallest absolute Gasteiger partial charge is 0.357 e. The Morgan fingerprint density at radius 2 is 2.12 bits per heavy atom. The van der Waals surface area contributed by atoms with Crippen LogP contribution in [0.3, 0.4) is 0 Å². The van der Waals surface area contributed by atoms with E-state index >= 15 is 0 Å². The van der Waals surface area contributed by atoms with Crippen molar-refractivity contribution in [1.29, 1.82) is 0 Å². The molecule has 0 saturated carbocycles. The quantitative estimate of drug-likeness (QED) is 0.535. The zero-order valence-electron chi connectivity index (χ0n) is 13.6. The number of carbonyl (C=O) groups is 1. The molecule has 1 aromatic rings. The summed E-state index contributed by atoms with van der Waals surface area (Å²) in [5.74, 6) is 0.145. The zero-order valence-corrected chi connectivity index (χ0v) is 15.8. The number of phenols is 1. The van der Waals surface area contributed by atoms with E-state index in [0.717, 1.165) is 0 Å². The van der Waals surface area contributed by atoms with Crippen molar-refractivity contribution in [1.82, 2.24) is 0 Å². The zero-order chi connectivity index (χ0) is 17.6. The van der Waals surface area contributed by atoms with Gasteiger partial charge in [0.05, 0.1) is 17.8 Å². The highest BCUT2D eigenvalue weighted by molar-refractivity contribution is 14.1. The van der Waals surface area contributed by atoms with Gasteiger partial charge in [0.25, 0.3) is 5.60 Å². The molecule has 1 aliphatic heterocycles. The predicted octanol–water partition coefficient (Wildman–Crippen LogP) is 2.14. The third-order valence-electron chi connectivity index (χ3n) is 4.80. The second kappa shape index (κ2) is 6.11. The highest BCUT2D eigenvalue weighted by Crippen LogP contribution is 2.49. The standard InChI is InChI=1S/C17H19IO6/c1-8-6-13(22-2)10-7-9-12(5-4-11(18)14(9)19)24-17(10,15(8)20)16(21)23-3/h4-5,8,15,19-20H,6-7H2,1-3H3/t8-,15+,17+/m1/s1. The van der Waals surface area contributed by atoms with Crippen molar-refractivity contribution in [2.75, 3.05) is 14.2 Å². The van der Waals surface area contributed by atoms with Crippen LogP contribution in [0.15, 0.2) is 23.5 Å². The number of benzene rings is 1. The van der Waals surface area contributed by atoms with E-state index in [1.807, 2.05) is 29.5 Å². The minimum Gasteiger partial charge on any atom is -0.506 e. The summed E-state index contributed by atoms with van der Waals surface area (Å²) in [6.45, 7) is 1.83. The van der Waals surface area contributed by atoms with E-state index < -0.39 is 17.7 Å². The Kier molecular flexibility index (Phi) is 4.41. The molecule has 0 fully saturated rings. The van der Waals surface area contributed by atoms with E-state index in [2.05, 4.69) is 0 Å². The molecule has 24 heavy (non-hydrogen) atoms. The average molecular weight is 446 g/mol. The molecule has 0 aromatic heterocycles. The fourth-order valence-electron chi connectivity index (χ4n) is 3.52. The number of aromatic hydroxyl groups is 1. The lowest BCUT2D eigenvalue weighted by molar-refractivity contribution is -0.171. The summed E-state index contributed by atoms with van der Waals surface area (Å²) in [4.78, 5) is 12.6. The maximum absolute atomic E-state index is 12.6. The molecule has 0 bridgehead atoms. The van der Waals surface area contributed by atoms with E-state index in [4.69, 9.17) is 14.2 Å². The Balaban J connectivity index is 2.27.